The maximum atomic E-state index is 13.9. The number of aliphatic hydroxyl groups excluding tert-OH is 3. The molecule has 6 rings (SSSR count). The van der Waals surface area contributed by atoms with Crippen molar-refractivity contribution in [3.05, 3.63) is 117 Å². The van der Waals surface area contributed by atoms with E-state index in [1.54, 1.807) is 48.3 Å². The Labute approximate surface area is 336 Å². The van der Waals surface area contributed by atoms with Crippen LogP contribution in [0.25, 0.3) is 0 Å². The first-order chi connectivity index (χ1) is 27.6. The quantitative estimate of drug-likeness (QED) is 0.0985. The predicted octanol–water partition coefficient (Wildman–Crippen LogP) is 3.77. The van der Waals surface area contributed by atoms with Gasteiger partial charge < -0.3 is 40.9 Å². The molecule has 4 aromatic rings. The molecule has 1 aromatic heterocycles. The van der Waals surface area contributed by atoms with Crippen LogP contribution < -0.4 is 16.0 Å². The van der Waals surface area contributed by atoms with Crippen LogP contribution >= 0.6 is 11.3 Å². The van der Waals surface area contributed by atoms with Crippen LogP contribution in [-0.2, 0) is 30.4 Å². The molecule has 1 aliphatic heterocycles. The van der Waals surface area contributed by atoms with Gasteiger partial charge in [-0.2, -0.15) is 0 Å². The molecule has 0 radical (unpaired) electrons. The number of thiophene rings is 1. The normalized spacial score (nSPS) is 14.4. The Morgan fingerprint density at radius 1 is 0.772 bits per heavy atom. The molecule has 4 amide bonds. The standard InChI is InChI=1S/C43H51N5O8S/c1-47(19-20-48-21-23-56-24-22-48)42(55)33-6-4-5-32(25-33)38(52)45-41-37(35-7-2-3-8-36(35)57-41)40(54)44-34-17-13-30(14-18-34)10-9-29-11-15-31(16-12-29)39(53)46-43(26-49,27-50)28-51/h4-6,11-18,25,49-51H,2-3,7-10,19-24,26-28H2,1H3,(H,44,54)(H,45,52)(H,46,53). The number of aryl methyl sites for hydroxylation is 3. The Bertz CT molecular complexity index is 2020. The van der Waals surface area contributed by atoms with E-state index in [1.807, 2.05) is 36.4 Å². The maximum absolute atomic E-state index is 13.9. The van der Waals surface area contributed by atoms with E-state index in [2.05, 4.69) is 20.9 Å². The van der Waals surface area contributed by atoms with E-state index in [0.29, 0.717) is 65.5 Å². The number of anilines is 2. The minimum absolute atomic E-state index is 0.165. The number of carbonyl (C=O) groups is 4. The molecule has 6 N–H and O–H groups in total. The number of nitrogens with zero attached hydrogens (tertiary/aromatic N) is 2. The van der Waals surface area contributed by atoms with Crippen LogP contribution in [0.2, 0.25) is 0 Å². The molecule has 14 heteroatoms. The second-order valence-corrected chi connectivity index (χ2v) is 15.8. The number of nitrogens with one attached hydrogen (secondary N) is 3. The molecule has 0 atom stereocenters. The van der Waals surface area contributed by atoms with Gasteiger partial charge in [0.15, 0.2) is 0 Å². The van der Waals surface area contributed by atoms with E-state index in [1.165, 1.54) is 11.3 Å². The van der Waals surface area contributed by atoms with E-state index in [-0.39, 0.29) is 17.7 Å². The monoisotopic (exact) mass is 797 g/mol. The third-order valence-corrected chi connectivity index (χ3v) is 11.8. The summed E-state index contributed by atoms with van der Waals surface area (Å²) in [5, 5.41) is 37.6. The number of aliphatic hydroxyl groups is 3. The minimum Gasteiger partial charge on any atom is -0.394 e. The van der Waals surface area contributed by atoms with Crippen molar-refractivity contribution >= 4 is 45.7 Å². The maximum Gasteiger partial charge on any atom is 0.258 e. The molecule has 1 aliphatic carbocycles. The molecule has 13 nitrogen and oxygen atoms in total. The summed E-state index contributed by atoms with van der Waals surface area (Å²) in [6.45, 7) is 2.58. The Kier molecular flexibility index (Phi) is 14.2. The lowest BCUT2D eigenvalue weighted by Gasteiger charge is -2.28. The first-order valence-electron chi connectivity index (χ1n) is 19.4. The highest BCUT2D eigenvalue weighted by molar-refractivity contribution is 7.17. The molecule has 0 bridgehead atoms. The zero-order valence-corrected chi connectivity index (χ0v) is 33.0. The van der Waals surface area contributed by atoms with E-state index in [9.17, 15) is 34.5 Å². The molecule has 0 saturated carbocycles. The van der Waals surface area contributed by atoms with Gasteiger partial charge in [-0.15, -0.1) is 11.3 Å². The van der Waals surface area contributed by atoms with Gasteiger partial charge in [-0.3, -0.25) is 24.1 Å². The van der Waals surface area contributed by atoms with Crippen LogP contribution in [0.15, 0.2) is 72.8 Å². The topological polar surface area (TPSA) is 181 Å². The summed E-state index contributed by atoms with van der Waals surface area (Å²) in [5.41, 5.74) is 3.74. The number of ether oxygens (including phenoxy) is 1. The third-order valence-electron chi connectivity index (χ3n) is 10.6. The van der Waals surface area contributed by atoms with Gasteiger partial charge in [0, 0.05) is 60.5 Å². The lowest BCUT2D eigenvalue weighted by atomic mass is 9.95. The summed E-state index contributed by atoms with van der Waals surface area (Å²) < 4.78 is 5.41. The fourth-order valence-corrected chi connectivity index (χ4v) is 8.22. The molecular formula is C43H51N5O8S. The van der Waals surface area contributed by atoms with Gasteiger partial charge in [-0.25, -0.2) is 0 Å². The number of hydrogen-bond donors (Lipinski definition) is 6. The summed E-state index contributed by atoms with van der Waals surface area (Å²) >= 11 is 1.44. The smallest absolute Gasteiger partial charge is 0.258 e. The van der Waals surface area contributed by atoms with Gasteiger partial charge in [0.25, 0.3) is 23.6 Å². The molecular weight excluding hydrogens is 747 g/mol. The molecule has 2 aliphatic rings. The zero-order valence-electron chi connectivity index (χ0n) is 32.2. The van der Waals surface area contributed by atoms with Crippen molar-refractivity contribution in [3.63, 3.8) is 0 Å². The molecule has 1 fully saturated rings. The second kappa shape index (κ2) is 19.5. The highest BCUT2D eigenvalue weighted by Gasteiger charge is 2.30. The second-order valence-electron chi connectivity index (χ2n) is 14.7. The average Bonchev–Trinajstić information content (AvgIpc) is 3.62. The Balaban J connectivity index is 1.06. The van der Waals surface area contributed by atoms with Crippen molar-refractivity contribution in [3.8, 4) is 0 Å². The number of amides is 4. The molecule has 57 heavy (non-hydrogen) atoms. The van der Waals surface area contributed by atoms with Gasteiger partial charge in [0.05, 0.1) is 38.6 Å². The third kappa shape index (κ3) is 10.5. The van der Waals surface area contributed by atoms with Crippen LogP contribution in [0.5, 0.6) is 0 Å². The largest absolute Gasteiger partial charge is 0.394 e. The Morgan fingerprint density at radius 3 is 2.07 bits per heavy atom. The van der Waals surface area contributed by atoms with Crippen molar-refractivity contribution in [1.82, 2.24) is 15.1 Å². The first kappa shape index (κ1) is 41.7. The van der Waals surface area contributed by atoms with Gasteiger partial charge >= 0.3 is 0 Å². The fourth-order valence-electron chi connectivity index (χ4n) is 6.94. The number of hydrogen-bond acceptors (Lipinski definition) is 10. The van der Waals surface area contributed by atoms with E-state index < -0.39 is 31.3 Å². The number of fused-ring (bicyclic) bond motifs is 1. The van der Waals surface area contributed by atoms with Crippen molar-refractivity contribution in [2.24, 2.45) is 0 Å². The summed E-state index contributed by atoms with van der Waals surface area (Å²) in [5.74, 6) is -1.35. The van der Waals surface area contributed by atoms with Crippen LogP contribution in [-0.4, -0.2) is 121 Å². The average molecular weight is 798 g/mol. The van der Waals surface area contributed by atoms with Gasteiger partial charge in [0.2, 0.25) is 0 Å². The lowest BCUT2D eigenvalue weighted by Crippen LogP contribution is -2.57. The summed E-state index contributed by atoms with van der Waals surface area (Å²) in [4.78, 5) is 58.5. The predicted molar refractivity (Wildman–Crippen MR) is 219 cm³/mol. The Morgan fingerprint density at radius 2 is 1.40 bits per heavy atom. The number of benzene rings is 3. The van der Waals surface area contributed by atoms with E-state index >= 15 is 0 Å². The van der Waals surface area contributed by atoms with Gasteiger partial charge in [-0.1, -0.05) is 30.3 Å². The number of rotatable bonds is 16. The molecule has 0 unspecified atom stereocenters. The lowest BCUT2D eigenvalue weighted by molar-refractivity contribution is 0.0338. The van der Waals surface area contributed by atoms with Gasteiger partial charge in [-0.05, 0) is 97.7 Å². The fraction of sp³-hybridized carbons (Fsp3) is 0.395. The van der Waals surface area contributed by atoms with Crippen LogP contribution in [0.1, 0.15) is 75.8 Å². The van der Waals surface area contributed by atoms with E-state index in [4.69, 9.17) is 4.74 Å². The van der Waals surface area contributed by atoms with Crippen molar-refractivity contribution in [2.75, 3.05) is 76.9 Å². The molecule has 1 saturated heterocycles. The summed E-state index contributed by atoms with van der Waals surface area (Å²) in [6, 6.07) is 21.3. The highest BCUT2D eigenvalue weighted by Crippen LogP contribution is 2.39. The minimum atomic E-state index is -1.50. The first-order valence-corrected chi connectivity index (χ1v) is 20.2. The number of morpholine rings is 1. The van der Waals surface area contributed by atoms with Crippen molar-refractivity contribution in [2.45, 2.75) is 44.1 Å². The summed E-state index contributed by atoms with van der Waals surface area (Å²) in [6.07, 6.45) is 5.00. The molecule has 0 spiro atoms. The van der Waals surface area contributed by atoms with Crippen molar-refractivity contribution in [1.29, 1.82) is 0 Å². The van der Waals surface area contributed by atoms with Crippen LogP contribution in [0.4, 0.5) is 10.7 Å². The van der Waals surface area contributed by atoms with Crippen LogP contribution in [0, 0.1) is 0 Å². The molecule has 2 heterocycles. The summed E-state index contributed by atoms with van der Waals surface area (Å²) in [7, 11) is 1.77. The Hall–Kier alpha value is -4.96. The van der Waals surface area contributed by atoms with Crippen LogP contribution in [0.3, 0.4) is 0 Å². The highest BCUT2D eigenvalue weighted by atomic mass is 32.1. The van der Waals surface area contributed by atoms with E-state index in [0.717, 1.165) is 66.9 Å². The number of likely N-dealkylation sites (N-methyl/N-ethyl adjacent to an activating group) is 1. The molecule has 302 valence electrons. The SMILES string of the molecule is CN(CCN1CCOCC1)C(=O)c1cccc(C(=O)Nc2sc3c(c2C(=O)Nc2ccc(CCc4ccc(C(=O)NC(CO)(CO)CO)cc4)cc2)CCCC3)c1. The molecule has 3 aromatic carbocycles. The number of carbonyl (C=O) groups excluding carboxylic acids is 4. The van der Waals surface area contributed by atoms with Gasteiger partial charge in [0.1, 0.15) is 10.5 Å². The van der Waals surface area contributed by atoms with Crippen molar-refractivity contribution < 1.29 is 39.2 Å². The zero-order chi connectivity index (χ0) is 40.4.